The average molecular weight is 433 g/mol. The molecule has 2 aromatic rings. The molecule has 1 unspecified atom stereocenters. The van der Waals surface area contributed by atoms with Crippen molar-refractivity contribution in [2.24, 2.45) is 0 Å². The summed E-state index contributed by atoms with van der Waals surface area (Å²) in [5.74, 6) is -1.00. The maximum atomic E-state index is 12.8. The number of urea groups is 1. The van der Waals surface area contributed by atoms with Gasteiger partial charge in [-0.25, -0.2) is 14.6 Å². The van der Waals surface area contributed by atoms with E-state index in [0.717, 1.165) is 5.69 Å². The Morgan fingerprint density at radius 3 is 2.38 bits per heavy atom. The van der Waals surface area contributed by atoms with Gasteiger partial charge >= 0.3 is 12.0 Å². The van der Waals surface area contributed by atoms with Crippen LogP contribution in [0.4, 0.5) is 15.6 Å². The number of carbonyl (C=O) groups is 2. The molecule has 1 aromatic heterocycles. The topological polar surface area (TPSA) is 85.8 Å². The molecule has 1 saturated heterocycles. The van der Waals surface area contributed by atoms with Crippen LogP contribution in [0.15, 0.2) is 24.3 Å². The highest BCUT2D eigenvalue weighted by Gasteiger charge is 2.30. The number of thiazole rings is 1. The quantitative estimate of drug-likeness (QED) is 0.723. The van der Waals surface area contributed by atoms with E-state index >= 15 is 0 Å². The van der Waals surface area contributed by atoms with Gasteiger partial charge in [-0.05, 0) is 26.0 Å². The molecule has 3 rings (SSSR count). The predicted octanol–water partition coefficient (Wildman–Crippen LogP) is 3.44. The number of carbonyl (C=O) groups excluding carboxylic acids is 1. The third kappa shape index (κ3) is 4.79. The molecule has 0 saturated carbocycles. The number of hydrogen-bond acceptors (Lipinski definition) is 5. The number of hydrogen-bond donors (Lipinski definition) is 2. The minimum absolute atomic E-state index is 0.0116. The summed E-state index contributed by atoms with van der Waals surface area (Å²) in [5.41, 5.74) is 0.910. The first-order valence-corrected chi connectivity index (χ1v) is 14.0. The minimum atomic E-state index is -1.36. The van der Waals surface area contributed by atoms with Gasteiger partial charge in [0.15, 0.2) is 10.8 Å². The summed E-state index contributed by atoms with van der Waals surface area (Å²) < 4.78 is 0. The van der Waals surface area contributed by atoms with Crippen molar-refractivity contribution < 1.29 is 14.7 Å². The number of aromatic nitrogens is 1. The molecular weight excluding hydrogens is 404 g/mol. The zero-order chi connectivity index (χ0) is 21.3. The highest BCUT2D eigenvalue weighted by molar-refractivity contribution is 7.15. The highest BCUT2D eigenvalue weighted by atomic mass is 32.1. The van der Waals surface area contributed by atoms with E-state index in [1.807, 2.05) is 24.0 Å². The Bertz CT molecular complexity index is 907. The average Bonchev–Trinajstić information content (AvgIpc) is 3.03. The molecule has 0 spiro atoms. The first-order valence-electron chi connectivity index (χ1n) is 9.70. The monoisotopic (exact) mass is 432 g/mol. The van der Waals surface area contributed by atoms with Gasteiger partial charge in [-0.2, -0.15) is 0 Å². The molecule has 156 valence electrons. The van der Waals surface area contributed by atoms with Crippen LogP contribution in [0.25, 0.3) is 0 Å². The number of carboxylic acid groups (broad SMARTS) is 1. The molecule has 1 fully saturated rings. The van der Waals surface area contributed by atoms with Crippen molar-refractivity contribution in [3.8, 4) is 0 Å². The number of benzene rings is 1. The number of aryl methyl sites for hydroxylation is 1. The van der Waals surface area contributed by atoms with Gasteiger partial charge in [-0.1, -0.05) is 37.0 Å². The van der Waals surface area contributed by atoms with Crippen LogP contribution in [-0.2, 0) is 0 Å². The Kier molecular flexibility index (Phi) is 5.99. The predicted molar refractivity (Wildman–Crippen MR) is 121 cm³/mol. The van der Waals surface area contributed by atoms with Crippen LogP contribution in [0.2, 0.25) is 19.6 Å². The van der Waals surface area contributed by atoms with E-state index in [-0.39, 0.29) is 17.8 Å². The van der Waals surface area contributed by atoms with Gasteiger partial charge in [0, 0.05) is 36.2 Å². The van der Waals surface area contributed by atoms with Crippen molar-refractivity contribution in [2.45, 2.75) is 39.5 Å². The van der Waals surface area contributed by atoms with Crippen LogP contribution in [0.1, 0.15) is 22.3 Å². The van der Waals surface area contributed by atoms with Crippen molar-refractivity contribution in [1.29, 1.82) is 0 Å². The summed E-state index contributed by atoms with van der Waals surface area (Å²) in [5, 5.41) is 14.3. The number of carboxylic acids is 1. The second-order valence-electron chi connectivity index (χ2n) is 8.45. The third-order valence-electron chi connectivity index (χ3n) is 5.15. The number of amides is 2. The summed E-state index contributed by atoms with van der Waals surface area (Å²) in [7, 11) is -1.36. The molecular formula is C20H28N4O3SSi. The van der Waals surface area contributed by atoms with Crippen LogP contribution in [-0.4, -0.2) is 60.7 Å². The zero-order valence-electron chi connectivity index (χ0n) is 17.5. The van der Waals surface area contributed by atoms with E-state index in [2.05, 4.69) is 47.0 Å². The van der Waals surface area contributed by atoms with E-state index in [0.29, 0.717) is 29.6 Å². The summed E-state index contributed by atoms with van der Waals surface area (Å²) in [4.78, 5) is 32.8. The Morgan fingerprint density at radius 1 is 1.21 bits per heavy atom. The van der Waals surface area contributed by atoms with E-state index in [1.54, 1.807) is 6.92 Å². The molecule has 0 aliphatic carbocycles. The van der Waals surface area contributed by atoms with Crippen LogP contribution in [0, 0.1) is 6.92 Å². The fourth-order valence-corrected chi connectivity index (χ4v) is 5.50. The Hall–Kier alpha value is -2.39. The van der Waals surface area contributed by atoms with Crippen LogP contribution in [0.5, 0.6) is 0 Å². The number of anilines is 2. The van der Waals surface area contributed by atoms with Crippen LogP contribution in [0.3, 0.4) is 0 Å². The Morgan fingerprint density at radius 2 is 1.86 bits per heavy atom. The molecule has 2 heterocycles. The largest absolute Gasteiger partial charge is 0.476 e. The van der Waals surface area contributed by atoms with Gasteiger partial charge < -0.3 is 20.2 Å². The molecule has 2 amide bonds. The molecule has 1 aromatic carbocycles. The van der Waals surface area contributed by atoms with Crippen LogP contribution < -0.4 is 15.4 Å². The van der Waals surface area contributed by atoms with Gasteiger partial charge in [0.2, 0.25) is 0 Å². The number of nitrogens with zero attached hydrogens (tertiary/aromatic N) is 3. The molecule has 2 N–H and O–H groups in total. The lowest BCUT2D eigenvalue weighted by Crippen LogP contribution is -2.55. The lowest BCUT2D eigenvalue weighted by atomic mass is 10.2. The fraction of sp³-hybridized carbons (Fsp3) is 0.450. The molecule has 9 heteroatoms. The third-order valence-corrected chi connectivity index (χ3v) is 8.25. The van der Waals surface area contributed by atoms with Gasteiger partial charge in [-0.15, -0.1) is 11.3 Å². The number of piperazine rings is 1. The molecule has 1 atom stereocenters. The first-order chi connectivity index (χ1) is 13.6. The highest BCUT2D eigenvalue weighted by Crippen LogP contribution is 2.28. The lowest BCUT2D eigenvalue weighted by molar-refractivity contribution is 0.0690. The summed E-state index contributed by atoms with van der Waals surface area (Å²) in [6, 6.07) is 8.03. The summed E-state index contributed by atoms with van der Waals surface area (Å²) in [6.07, 6.45) is 0. The molecule has 0 radical (unpaired) electrons. The SMILES string of the molecule is Cc1sc(N2CCN(C(=O)Nc3ccc([Si](C)(C)C)cc3)C(C)C2)nc1C(=O)O. The molecule has 7 nitrogen and oxygen atoms in total. The molecule has 29 heavy (non-hydrogen) atoms. The standard InChI is InChI=1S/C20H28N4O3SSi/c1-13-12-23(20-22-17(18(25)26)14(2)28-20)10-11-24(13)19(27)21-15-6-8-16(9-7-15)29(3,4)5/h6-9,13H,10-12H2,1-5H3,(H,21,27)(H,25,26). The Balaban J connectivity index is 1.62. The van der Waals surface area contributed by atoms with Gasteiger partial charge in [0.05, 0.1) is 8.07 Å². The number of rotatable bonds is 4. The van der Waals surface area contributed by atoms with Crippen molar-refractivity contribution in [2.75, 3.05) is 29.9 Å². The van der Waals surface area contributed by atoms with E-state index in [1.165, 1.54) is 16.5 Å². The summed E-state index contributed by atoms with van der Waals surface area (Å²) >= 11 is 1.38. The maximum absolute atomic E-state index is 12.8. The van der Waals surface area contributed by atoms with Gasteiger partial charge in [0.25, 0.3) is 0 Å². The van der Waals surface area contributed by atoms with Crippen molar-refractivity contribution in [3.05, 3.63) is 34.8 Å². The lowest BCUT2D eigenvalue weighted by Gasteiger charge is -2.39. The molecule has 0 bridgehead atoms. The first kappa shape index (κ1) is 21.3. The van der Waals surface area contributed by atoms with Crippen LogP contribution >= 0.6 is 11.3 Å². The van der Waals surface area contributed by atoms with Crippen molar-refractivity contribution in [3.63, 3.8) is 0 Å². The minimum Gasteiger partial charge on any atom is -0.476 e. The number of aromatic carboxylic acids is 1. The molecule has 1 aliphatic heterocycles. The van der Waals surface area contributed by atoms with E-state index < -0.39 is 14.0 Å². The van der Waals surface area contributed by atoms with E-state index in [9.17, 15) is 14.7 Å². The normalized spacial score (nSPS) is 17.3. The zero-order valence-corrected chi connectivity index (χ0v) is 19.3. The molecule has 1 aliphatic rings. The second kappa shape index (κ2) is 8.15. The smallest absolute Gasteiger partial charge is 0.355 e. The van der Waals surface area contributed by atoms with Crippen molar-refractivity contribution in [1.82, 2.24) is 9.88 Å². The Labute approximate surface area is 176 Å². The second-order valence-corrected chi connectivity index (χ2v) is 14.7. The van der Waals surface area contributed by atoms with E-state index in [4.69, 9.17) is 0 Å². The van der Waals surface area contributed by atoms with Gasteiger partial charge in [-0.3, -0.25) is 0 Å². The van der Waals surface area contributed by atoms with Crippen molar-refractivity contribution >= 4 is 47.4 Å². The summed E-state index contributed by atoms with van der Waals surface area (Å²) in [6.45, 7) is 12.5. The number of nitrogens with one attached hydrogen (secondary N) is 1. The maximum Gasteiger partial charge on any atom is 0.355 e. The fourth-order valence-electron chi connectivity index (χ4n) is 3.40. The van der Waals surface area contributed by atoms with Gasteiger partial charge in [0.1, 0.15) is 0 Å².